The molecule has 0 atom stereocenters. The molecule has 0 aliphatic heterocycles. The minimum atomic E-state index is -3.03. The Labute approximate surface area is 116 Å². The van der Waals surface area contributed by atoms with E-state index in [0.29, 0.717) is 13.1 Å². The van der Waals surface area contributed by atoms with E-state index < -0.39 is 12.5 Å². The molecule has 1 amide bonds. The third-order valence-electron chi connectivity index (χ3n) is 2.57. The molecule has 20 heavy (non-hydrogen) atoms. The van der Waals surface area contributed by atoms with Crippen molar-refractivity contribution in [2.24, 2.45) is 5.73 Å². The summed E-state index contributed by atoms with van der Waals surface area (Å²) in [5, 5.41) is 2.62. The first kappa shape index (κ1) is 16.2. The second-order valence-corrected chi connectivity index (χ2v) is 3.97. The number of carbonyl (C=O) groups excluding carboxylic acids is 1. The summed E-state index contributed by atoms with van der Waals surface area (Å²) >= 11 is 0. The third-order valence-corrected chi connectivity index (χ3v) is 2.57. The highest BCUT2D eigenvalue weighted by Gasteiger charge is 2.19. The fourth-order valence-electron chi connectivity index (χ4n) is 1.63. The fraction of sp³-hybridized carbons (Fsp3) is 0.462. The lowest BCUT2D eigenvalue weighted by atomic mass is 10.1. The average molecular weight is 288 g/mol. The summed E-state index contributed by atoms with van der Waals surface area (Å²) in [4.78, 5) is 12.0. The van der Waals surface area contributed by atoms with Gasteiger partial charge in [-0.2, -0.15) is 8.78 Å². The normalized spacial score (nSPS) is 10.4. The van der Waals surface area contributed by atoms with E-state index in [1.165, 1.54) is 25.3 Å². The number of nitrogens with two attached hydrogens (primary N) is 1. The molecule has 112 valence electrons. The summed E-state index contributed by atoms with van der Waals surface area (Å²) in [6, 6.07) is 4.38. The monoisotopic (exact) mass is 288 g/mol. The average Bonchev–Trinajstić information content (AvgIpc) is 2.43. The van der Waals surface area contributed by atoms with Crippen molar-refractivity contribution in [3.05, 3.63) is 23.8 Å². The molecule has 0 saturated carbocycles. The Morgan fingerprint density at radius 1 is 1.40 bits per heavy atom. The molecule has 0 unspecified atom stereocenters. The maximum Gasteiger partial charge on any atom is 0.387 e. The number of hydrogen-bond acceptors (Lipinski definition) is 4. The Bertz CT molecular complexity index is 442. The van der Waals surface area contributed by atoms with Crippen molar-refractivity contribution in [3.8, 4) is 11.5 Å². The van der Waals surface area contributed by atoms with Gasteiger partial charge in [-0.25, -0.2) is 0 Å². The fourth-order valence-corrected chi connectivity index (χ4v) is 1.63. The first-order chi connectivity index (χ1) is 9.60. The largest absolute Gasteiger partial charge is 0.493 e. The van der Waals surface area contributed by atoms with E-state index >= 15 is 0 Å². The van der Waals surface area contributed by atoms with Gasteiger partial charge in [0.25, 0.3) is 5.91 Å². The third kappa shape index (κ3) is 4.65. The number of rotatable bonds is 8. The maximum absolute atomic E-state index is 12.4. The molecular weight excluding hydrogens is 270 g/mol. The second-order valence-electron chi connectivity index (χ2n) is 3.97. The number of halogens is 2. The number of unbranched alkanes of at least 4 members (excludes halogenated alkanes) is 1. The molecular formula is C13H18F2N2O3. The number of hydrogen-bond donors (Lipinski definition) is 2. The zero-order valence-electron chi connectivity index (χ0n) is 11.2. The minimum Gasteiger partial charge on any atom is -0.493 e. The number of benzene rings is 1. The Morgan fingerprint density at radius 3 is 2.75 bits per heavy atom. The molecule has 0 aliphatic carbocycles. The highest BCUT2D eigenvalue weighted by molar-refractivity contribution is 5.97. The Balaban J connectivity index is 2.84. The van der Waals surface area contributed by atoms with Crippen LogP contribution < -0.4 is 20.5 Å². The summed E-state index contributed by atoms with van der Waals surface area (Å²) in [5.41, 5.74) is 5.35. The lowest BCUT2D eigenvalue weighted by molar-refractivity contribution is -0.0515. The number of ether oxygens (including phenoxy) is 2. The lowest BCUT2D eigenvalue weighted by Gasteiger charge is -2.14. The molecule has 7 heteroatoms. The van der Waals surface area contributed by atoms with E-state index in [2.05, 4.69) is 10.1 Å². The van der Waals surface area contributed by atoms with Crippen LogP contribution >= 0.6 is 0 Å². The van der Waals surface area contributed by atoms with Crippen LogP contribution in [0.4, 0.5) is 8.78 Å². The van der Waals surface area contributed by atoms with Crippen LogP contribution in [0.5, 0.6) is 11.5 Å². The predicted molar refractivity (Wildman–Crippen MR) is 70.2 cm³/mol. The number of para-hydroxylation sites is 1. The van der Waals surface area contributed by atoms with Crippen molar-refractivity contribution in [2.45, 2.75) is 19.5 Å². The number of methoxy groups -OCH3 is 1. The van der Waals surface area contributed by atoms with E-state index in [9.17, 15) is 13.6 Å². The molecule has 0 bridgehead atoms. The van der Waals surface area contributed by atoms with Crippen LogP contribution in [0.25, 0.3) is 0 Å². The van der Waals surface area contributed by atoms with Gasteiger partial charge in [-0.15, -0.1) is 0 Å². The van der Waals surface area contributed by atoms with Gasteiger partial charge in [0.05, 0.1) is 12.7 Å². The SMILES string of the molecule is COc1cccc(C(=O)NCCCCN)c1OC(F)F. The molecule has 1 aromatic rings. The van der Waals surface area contributed by atoms with E-state index in [1.54, 1.807) is 0 Å². The first-order valence-electron chi connectivity index (χ1n) is 6.20. The Hall–Kier alpha value is -1.89. The van der Waals surface area contributed by atoms with Crippen LogP contribution in [-0.4, -0.2) is 32.7 Å². The van der Waals surface area contributed by atoms with Gasteiger partial charge < -0.3 is 20.5 Å². The number of amides is 1. The van der Waals surface area contributed by atoms with Crippen LogP contribution in [-0.2, 0) is 0 Å². The van der Waals surface area contributed by atoms with Crippen molar-refractivity contribution >= 4 is 5.91 Å². The summed E-state index contributed by atoms with van der Waals surface area (Å²) in [6.07, 6.45) is 1.50. The zero-order valence-corrected chi connectivity index (χ0v) is 11.2. The molecule has 0 aromatic heterocycles. The summed E-state index contributed by atoms with van der Waals surface area (Å²) in [6.45, 7) is -2.08. The first-order valence-corrected chi connectivity index (χ1v) is 6.20. The molecule has 0 radical (unpaired) electrons. The number of carbonyl (C=O) groups is 1. The van der Waals surface area contributed by atoms with Gasteiger partial charge in [0.2, 0.25) is 0 Å². The van der Waals surface area contributed by atoms with Crippen LogP contribution in [0.15, 0.2) is 18.2 Å². The van der Waals surface area contributed by atoms with Gasteiger partial charge >= 0.3 is 6.61 Å². The van der Waals surface area contributed by atoms with Gasteiger partial charge in [-0.3, -0.25) is 4.79 Å². The molecule has 0 spiro atoms. The van der Waals surface area contributed by atoms with Gasteiger partial charge in [0.1, 0.15) is 0 Å². The van der Waals surface area contributed by atoms with Crippen LogP contribution in [0.1, 0.15) is 23.2 Å². The van der Waals surface area contributed by atoms with Crippen LogP contribution in [0.2, 0.25) is 0 Å². The molecule has 0 aliphatic rings. The molecule has 3 N–H and O–H groups in total. The van der Waals surface area contributed by atoms with Gasteiger partial charge in [-0.1, -0.05) is 6.07 Å². The van der Waals surface area contributed by atoms with Crippen LogP contribution in [0, 0.1) is 0 Å². The highest BCUT2D eigenvalue weighted by Crippen LogP contribution is 2.32. The van der Waals surface area contributed by atoms with Crippen molar-refractivity contribution < 1.29 is 23.0 Å². The molecule has 1 rings (SSSR count). The van der Waals surface area contributed by atoms with E-state index in [0.717, 1.165) is 12.8 Å². The van der Waals surface area contributed by atoms with Crippen molar-refractivity contribution in [3.63, 3.8) is 0 Å². The molecule has 1 aromatic carbocycles. The van der Waals surface area contributed by atoms with E-state index in [4.69, 9.17) is 10.5 Å². The zero-order chi connectivity index (χ0) is 15.0. The topological polar surface area (TPSA) is 73.6 Å². The minimum absolute atomic E-state index is 0.0115. The molecule has 0 fully saturated rings. The molecule has 5 nitrogen and oxygen atoms in total. The maximum atomic E-state index is 12.4. The summed E-state index contributed by atoms with van der Waals surface area (Å²) in [5.74, 6) is -0.669. The van der Waals surface area contributed by atoms with Gasteiger partial charge in [0.15, 0.2) is 11.5 Å². The Morgan fingerprint density at radius 2 is 2.15 bits per heavy atom. The Kier molecular flexibility index (Phi) is 6.72. The van der Waals surface area contributed by atoms with Gasteiger partial charge in [-0.05, 0) is 31.5 Å². The quantitative estimate of drug-likeness (QED) is 0.715. The van der Waals surface area contributed by atoms with E-state index in [-0.39, 0.29) is 17.1 Å². The second kappa shape index (κ2) is 8.31. The number of alkyl halides is 2. The van der Waals surface area contributed by atoms with Crippen molar-refractivity contribution in [2.75, 3.05) is 20.2 Å². The van der Waals surface area contributed by atoms with Gasteiger partial charge in [0, 0.05) is 6.54 Å². The lowest BCUT2D eigenvalue weighted by Crippen LogP contribution is -2.26. The molecule has 0 saturated heterocycles. The predicted octanol–water partition coefficient (Wildman–Crippen LogP) is 1.77. The smallest absolute Gasteiger partial charge is 0.387 e. The molecule has 0 heterocycles. The number of nitrogens with one attached hydrogen (secondary N) is 1. The van der Waals surface area contributed by atoms with E-state index in [1.807, 2.05) is 0 Å². The van der Waals surface area contributed by atoms with Crippen molar-refractivity contribution in [1.82, 2.24) is 5.32 Å². The summed E-state index contributed by atoms with van der Waals surface area (Å²) < 4.78 is 34.1. The van der Waals surface area contributed by atoms with Crippen LogP contribution in [0.3, 0.4) is 0 Å². The standard InChI is InChI=1S/C13H18F2N2O3/c1-19-10-6-4-5-9(11(10)20-13(14)15)12(18)17-8-3-2-7-16/h4-6,13H,2-3,7-8,16H2,1H3,(H,17,18). The van der Waals surface area contributed by atoms with Crippen molar-refractivity contribution in [1.29, 1.82) is 0 Å². The summed E-state index contributed by atoms with van der Waals surface area (Å²) in [7, 11) is 1.32. The highest BCUT2D eigenvalue weighted by atomic mass is 19.3.